The Morgan fingerprint density at radius 3 is 2.81 bits per heavy atom. The number of nitrogens with zero attached hydrogens (tertiary/aromatic N) is 3. The molecule has 3 N–H and O–H groups in total. The first-order valence-corrected chi connectivity index (χ1v) is 5.16. The summed E-state index contributed by atoms with van der Waals surface area (Å²) >= 11 is 6.06. The second kappa shape index (κ2) is 4.61. The third-order valence-electron chi connectivity index (χ3n) is 2.36. The van der Waals surface area contributed by atoms with Gasteiger partial charge in [0, 0.05) is 13.2 Å². The second-order valence-corrected chi connectivity index (χ2v) is 3.76. The van der Waals surface area contributed by atoms with Gasteiger partial charge in [0.1, 0.15) is 6.04 Å². The Balaban J connectivity index is 2.45. The first-order chi connectivity index (χ1) is 7.74. The largest absolute Gasteiger partial charge is 0.270 e. The number of pyridine rings is 1. The molecule has 5 nitrogen and oxygen atoms in total. The van der Waals surface area contributed by atoms with E-state index in [1.54, 1.807) is 17.1 Å². The number of hydrazine groups is 1. The minimum absolute atomic E-state index is 0.263. The molecule has 0 spiro atoms. The predicted octanol–water partition coefficient (Wildman–Crippen LogP) is 1.02. The van der Waals surface area contributed by atoms with Gasteiger partial charge in [-0.1, -0.05) is 17.7 Å². The minimum atomic E-state index is -0.263. The summed E-state index contributed by atoms with van der Waals surface area (Å²) in [6, 6.07) is 5.37. The van der Waals surface area contributed by atoms with E-state index < -0.39 is 0 Å². The van der Waals surface area contributed by atoms with Crippen LogP contribution in [-0.2, 0) is 7.05 Å². The van der Waals surface area contributed by atoms with Crippen LogP contribution < -0.4 is 11.3 Å². The first-order valence-electron chi connectivity index (χ1n) is 4.78. The van der Waals surface area contributed by atoms with Gasteiger partial charge in [0.15, 0.2) is 0 Å². The molecule has 0 aliphatic rings. The van der Waals surface area contributed by atoms with Crippen LogP contribution in [0.4, 0.5) is 0 Å². The number of hydrogen-bond acceptors (Lipinski definition) is 4. The summed E-state index contributed by atoms with van der Waals surface area (Å²) in [5.41, 5.74) is 4.29. The number of halogens is 1. The van der Waals surface area contributed by atoms with Crippen LogP contribution in [0.2, 0.25) is 5.02 Å². The second-order valence-electron chi connectivity index (χ2n) is 3.36. The molecule has 0 aliphatic heterocycles. The molecule has 2 rings (SSSR count). The van der Waals surface area contributed by atoms with Crippen molar-refractivity contribution in [1.29, 1.82) is 0 Å². The van der Waals surface area contributed by atoms with Gasteiger partial charge in [0.05, 0.1) is 22.6 Å². The smallest absolute Gasteiger partial charge is 0.106 e. The van der Waals surface area contributed by atoms with Crippen LogP contribution >= 0.6 is 11.6 Å². The molecule has 2 aromatic rings. The van der Waals surface area contributed by atoms with Gasteiger partial charge in [0.25, 0.3) is 0 Å². The zero-order valence-electron chi connectivity index (χ0n) is 8.76. The van der Waals surface area contributed by atoms with Crippen molar-refractivity contribution in [2.45, 2.75) is 6.04 Å². The lowest BCUT2D eigenvalue weighted by Gasteiger charge is -2.16. The number of rotatable bonds is 3. The maximum atomic E-state index is 6.06. The SMILES string of the molecule is Cn1ncc(Cl)c1C(NN)c1ccccn1. The van der Waals surface area contributed by atoms with Crippen molar-refractivity contribution in [3.8, 4) is 0 Å². The summed E-state index contributed by atoms with van der Waals surface area (Å²) in [5, 5.41) is 4.64. The highest BCUT2D eigenvalue weighted by molar-refractivity contribution is 6.31. The van der Waals surface area contributed by atoms with Gasteiger partial charge in [-0.3, -0.25) is 15.5 Å². The van der Waals surface area contributed by atoms with Crippen molar-refractivity contribution < 1.29 is 0 Å². The quantitative estimate of drug-likeness (QED) is 0.618. The molecule has 0 aliphatic carbocycles. The monoisotopic (exact) mass is 237 g/mol. The van der Waals surface area contributed by atoms with Crippen LogP contribution in [0.25, 0.3) is 0 Å². The van der Waals surface area contributed by atoms with E-state index in [2.05, 4.69) is 15.5 Å². The fraction of sp³-hybridized carbons (Fsp3) is 0.200. The van der Waals surface area contributed by atoms with Crippen LogP contribution in [0, 0.1) is 0 Å². The number of hydrogen-bond donors (Lipinski definition) is 2. The zero-order valence-corrected chi connectivity index (χ0v) is 9.52. The van der Waals surface area contributed by atoms with Crippen LogP contribution in [0.3, 0.4) is 0 Å². The van der Waals surface area contributed by atoms with Crippen molar-refractivity contribution in [2.75, 3.05) is 0 Å². The highest BCUT2D eigenvalue weighted by atomic mass is 35.5. The third-order valence-corrected chi connectivity index (χ3v) is 2.65. The zero-order chi connectivity index (χ0) is 11.5. The summed E-state index contributed by atoms with van der Waals surface area (Å²) in [5.74, 6) is 5.54. The number of nitrogens with two attached hydrogens (primary N) is 1. The van der Waals surface area contributed by atoms with Gasteiger partial charge in [-0.2, -0.15) is 5.10 Å². The van der Waals surface area contributed by atoms with E-state index in [1.165, 1.54) is 0 Å². The molecule has 0 saturated heterocycles. The highest BCUT2D eigenvalue weighted by Gasteiger charge is 2.20. The fourth-order valence-corrected chi connectivity index (χ4v) is 1.87. The third kappa shape index (κ3) is 1.92. The normalized spacial score (nSPS) is 12.7. The van der Waals surface area contributed by atoms with Crippen LogP contribution in [0.1, 0.15) is 17.4 Å². The molecule has 0 saturated carbocycles. The number of aromatic nitrogens is 3. The van der Waals surface area contributed by atoms with Gasteiger partial charge in [0.2, 0.25) is 0 Å². The van der Waals surface area contributed by atoms with Crippen LogP contribution in [0.15, 0.2) is 30.6 Å². The van der Waals surface area contributed by atoms with E-state index >= 15 is 0 Å². The lowest BCUT2D eigenvalue weighted by Crippen LogP contribution is -2.31. The Hall–Kier alpha value is -1.43. The summed E-state index contributed by atoms with van der Waals surface area (Å²) in [4.78, 5) is 4.25. The van der Waals surface area contributed by atoms with Crippen LogP contribution in [0.5, 0.6) is 0 Å². The molecule has 2 heterocycles. The fourth-order valence-electron chi connectivity index (χ4n) is 1.60. The lowest BCUT2D eigenvalue weighted by molar-refractivity contribution is 0.564. The lowest BCUT2D eigenvalue weighted by atomic mass is 10.1. The minimum Gasteiger partial charge on any atom is -0.270 e. The molecule has 2 aromatic heterocycles. The first kappa shape index (κ1) is 11.1. The topological polar surface area (TPSA) is 68.8 Å². The molecule has 1 unspecified atom stereocenters. The molecule has 0 amide bonds. The van der Waals surface area contributed by atoms with Crippen LogP contribution in [-0.4, -0.2) is 14.8 Å². The highest BCUT2D eigenvalue weighted by Crippen LogP contribution is 2.25. The average Bonchev–Trinajstić information content (AvgIpc) is 2.63. The van der Waals surface area contributed by atoms with Crippen molar-refractivity contribution >= 4 is 11.6 Å². The average molecular weight is 238 g/mol. The standard InChI is InChI=1S/C10H12ClN5/c1-16-10(7(11)6-14-16)9(15-12)8-4-2-3-5-13-8/h2-6,9,15H,12H2,1H3. The Bertz CT molecular complexity index is 448. The maximum Gasteiger partial charge on any atom is 0.106 e. The summed E-state index contributed by atoms with van der Waals surface area (Å²) < 4.78 is 1.68. The van der Waals surface area contributed by atoms with Gasteiger partial charge in [-0.05, 0) is 12.1 Å². The van der Waals surface area contributed by atoms with E-state index in [9.17, 15) is 0 Å². The maximum absolute atomic E-state index is 6.06. The Labute approximate surface area is 98.2 Å². The van der Waals surface area contributed by atoms with Gasteiger partial charge in [-0.15, -0.1) is 0 Å². The molecule has 84 valence electrons. The van der Waals surface area contributed by atoms with E-state index in [0.29, 0.717) is 5.02 Å². The molecular weight excluding hydrogens is 226 g/mol. The molecule has 0 aromatic carbocycles. The van der Waals surface area contributed by atoms with Crippen molar-refractivity contribution in [2.24, 2.45) is 12.9 Å². The summed E-state index contributed by atoms with van der Waals surface area (Å²) in [6.45, 7) is 0. The van der Waals surface area contributed by atoms with E-state index in [1.807, 2.05) is 25.2 Å². The molecule has 6 heteroatoms. The molecule has 1 atom stereocenters. The molecule has 16 heavy (non-hydrogen) atoms. The Kier molecular flexibility index (Phi) is 3.19. The van der Waals surface area contributed by atoms with E-state index in [0.717, 1.165) is 11.4 Å². The molecule has 0 radical (unpaired) electrons. The van der Waals surface area contributed by atoms with Gasteiger partial charge < -0.3 is 0 Å². The summed E-state index contributed by atoms with van der Waals surface area (Å²) in [7, 11) is 1.81. The van der Waals surface area contributed by atoms with Crippen molar-refractivity contribution in [3.63, 3.8) is 0 Å². The molecule has 0 bridgehead atoms. The summed E-state index contributed by atoms with van der Waals surface area (Å²) in [6.07, 6.45) is 3.30. The molecule has 0 fully saturated rings. The van der Waals surface area contributed by atoms with E-state index in [4.69, 9.17) is 17.4 Å². The Morgan fingerprint density at radius 1 is 1.50 bits per heavy atom. The molecular formula is C10H12ClN5. The van der Waals surface area contributed by atoms with Crippen molar-refractivity contribution in [3.05, 3.63) is 47.0 Å². The van der Waals surface area contributed by atoms with Gasteiger partial charge >= 0.3 is 0 Å². The Morgan fingerprint density at radius 2 is 2.31 bits per heavy atom. The van der Waals surface area contributed by atoms with Gasteiger partial charge in [-0.25, -0.2) is 5.43 Å². The number of nitrogens with one attached hydrogen (secondary N) is 1. The predicted molar refractivity (Wildman–Crippen MR) is 61.6 cm³/mol. The van der Waals surface area contributed by atoms with Crippen molar-refractivity contribution in [1.82, 2.24) is 20.2 Å². The van der Waals surface area contributed by atoms with E-state index in [-0.39, 0.29) is 6.04 Å². The number of aryl methyl sites for hydroxylation is 1.